The molecule has 0 bridgehead atoms. The molecule has 182 valence electrons. The molecular weight excluding hydrogens is 524 g/mol. The molecule has 4 rings (SSSR count). The third-order valence-electron chi connectivity index (χ3n) is 4.91. The van der Waals surface area contributed by atoms with Crippen molar-refractivity contribution in [2.24, 2.45) is 0 Å². The number of benzene rings is 1. The zero-order valence-electron chi connectivity index (χ0n) is 18.3. The molecule has 0 spiro atoms. The summed E-state index contributed by atoms with van der Waals surface area (Å²) in [5.74, 6) is -2.68. The van der Waals surface area contributed by atoms with E-state index in [1.165, 1.54) is 37.5 Å². The van der Waals surface area contributed by atoms with Gasteiger partial charge in [-0.2, -0.15) is 0 Å². The molecule has 1 aromatic carbocycles. The second-order valence-electron chi connectivity index (χ2n) is 7.13. The van der Waals surface area contributed by atoms with Gasteiger partial charge in [0.1, 0.15) is 11.5 Å². The molecule has 4 aromatic rings. The number of hydrogen-bond donors (Lipinski definition) is 1. The average Bonchev–Trinajstić information content (AvgIpc) is 2.83. The molecule has 0 saturated heterocycles. The molecule has 3 aromatic heterocycles. The lowest BCUT2D eigenvalue weighted by Crippen LogP contribution is -2.23. The molecule has 35 heavy (non-hydrogen) atoms. The van der Waals surface area contributed by atoms with E-state index in [0.29, 0.717) is 16.2 Å². The van der Waals surface area contributed by atoms with Crippen LogP contribution >= 0.6 is 23.4 Å². The van der Waals surface area contributed by atoms with Crippen LogP contribution in [0.2, 0.25) is 5.02 Å². The van der Waals surface area contributed by atoms with Crippen LogP contribution in [0.15, 0.2) is 51.6 Å². The van der Waals surface area contributed by atoms with E-state index in [9.17, 15) is 17.6 Å². The first-order valence-corrected chi connectivity index (χ1v) is 12.8. The molecule has 14 heteroatoms. The lowest BCUT2D eigenvalue weighted by molar-refractivity contribution is 0.385. The van der Waals surface area contributed by atoms with Crippen molar-refractivity contribution in [3.8, 4) is 11.6 Å². The van der Waals surface area contributed by atoms with Gasteiger partial charge in [-0.05, 0) is 36.9 Å². The number of hydrogen-bond acceptors (Lipinski definition) is 8. The van der Waals surface area contributed by atoms with Crippen LogP contribution in [0.1, 0.15) is 5.56 Å². The summed E-state index contributed by atoms with van der Waals surface area (Å²) in [5, 5.41) is 0.469. The van der Waals surface area contributed by atoms with Crippen molar-refractivity contribution in [1.82, 2.24) is 19.5 Å². The Morgan fingerprint density at radius 3 is 2.63 bits per heavy atom. The van der Waals surface area contributed by atoms with Gasteiger partial charge in [0.15, 0.2) is 15.9 Å². The molecule has 3 heterocycles. The van der Waals surface area contributed by atoms with Crippen molar-refractivity contribution in [3.63, 3.8) is 0 Å². The molecule has 0 aliphatic carbocycles. The maximum absolute atomic E-state index is 15.5. The number of nitrogens with zero attached hydrogens (tertiary/aromatic N) is 4. The van der Waals surface area contributed by atoms with Gasteiger partial charge < -0.3 is 4.74 Å². The summed E-state index contributed by atoms with van der Waals surface area (Å²) in [5.41, 5.74) is -1.37. The third-order valence-corrected chi connectivity index (χ3v) is 7.04. The van der Waals surface area contributed by atoms with Gasteiger partial charge in [-0.15, -0.1) is 0 Å². The van der Waals surface area contributed by atoms with Crippen molar-refractivity contribution in [2.75, 3.05) is 18.1 Å². The lowest BCUT2D eigenvalue weighted by atomic mass is 10.2. The molecule has 0 radical (unpaired) electrons. The van der Waals surface area contributed by atoms with Gasteiger partial charge in [-0.3, -0.25) is 14.1 Å². The Hall–Kier alpha value is -3.29. The maximum atomic E-state index is 15.5. The lowest BCUT2D eigenvalue weighted by Gasteiger charge is -2.15. The van der Waals surface area contributed by atoms with E-state index in [1.54, 1.807) is 13.2 Å². The number of rotatable bonds is 6. The highest BCUT2D eigenvalue weighted by Gasteiger charge is 2.26. The van der Waals surface area contributed by atoms with E-state index in [1.807, 2.05) is 4.72 Å². The first kappa shape index (κ1) is 24.8. The highest BCUT2D eigenvalue weighted by Crippen LogP contribution is 2.30. The van der Waals surface area contributed by atoms with Crippen LogP contribution in [0.5, 0.6) is 5.88 Å². The van der Waals surface area contributed by atoms with Crippen molar-refractivity contribution in [2.45, 2.75) is 17.0 Å². The number of pyridine rings is 2. The van der Waals surface area contributed by atoms with Gasteiger partial charge in [0.05, 0.1) is 28.7 Å². The number of nitrogens with one attached hydrogen (secondary N) is 1. The Balaban J connectivity index is 1.87. The molecule has 0 amide bonds. The molecule has 0 saturated carbocycles. The predicted molar refractivity (Wildman–Crippen MR) is 128 cm³/mol. The SMILES string of the molecule is COc1ncc(Cl)cc1S(=O)(=O)Nc1ccc(F)c(-n2cc(C)c3nc(SC)ncc3c2=O)c1F. The highest BCUT2D eigenvalue weighted by molar-refractivity contribution is 7.98. The minimum Gasteiger partial charge on any atom is -0.480 e. The molecule has 9 nitrogen and oxygen atoms in total. The quantitative estimate of drug-likeness (QED) is 0.289. The van der Waals surface area contributed by atoms with Crippen molar-refractivity contribution < 1.29 is 21.9 Å². The van der Waals surface area contributed by atoms with Gasteiger partial charge >= 0.3 is 0 Å². The monoisotopic (exact) mass is 539 g/mol. The molecule has 0 aliphatic rings. The number of sulfonamides is 1. The normalized spacial score (nSPS) is 11.6. The Bertz CT molecular complexity index is 1650. The first-order valence-electron chi connectivity index (χ1n) is 9.71. The number of halogens is 3. The smallest absolute Gasteiger partial charge is 0.267 e. The van der Waals surface area contributed by atoms with Crippen molar-refractivity contribution in [3.05, 3.63) is 69.4 Å². The van der Waals surface area contributed by atoms with Crippen molar-refractivity contribution >= 4 is 50.0 Å². The number of aryl methyl sites for hydroxylation is 1. The van der Waals surface area contributed by atoms with E-state index in [-0.39, 0.29) is 16.3 Å². The highest BCUT2D eigenvalue weighted by atomic mass is 35.5. The van der Waals surface area contributed by atoms with Crippen LogP contribution in [0.3, 0.4) is 0 Å². The average molecular weight is 540 g/mol. The van der Waals surface area contributed by atoms with Gasteiger partial charge in [0.25, 0.3) is 15.6 Å². The van der Waals surface area contributed by atoms with Gasteiger partial charge in [0.2, 0.25) is 5.88 Å². The molecule has 0 unspecified atom stereocenters. The van der Waals surface area contributed by atoms with E-state index < -0.39 is 43.5 Å². The van der Waals surface area contributed by atoms with Crippen LogP contribution in [0.4, 0.5) is 14.5 Å². The summed E-state index contributed by atoms with van der Waals surface area (Å²) in [6.07, 6.45) is 5.45. The second kappa shape index (κ2) is 9.40. The Kier molecular flexibility index (Phi) is 6.66. The van der Waals surface area contributed by atoms with Gasteiger partial charge in [-0.25, -0.2) is 32.2 Å². The van der Waals surface area contributed by atoms with Crippen LogP contribution < -0.4 is 15.0 Å². The Morgan fingerprint density at radius 1 is 1.20 bits per heavy atom. The zero-order chi connectivity index (χ0) is 25.5. The fourth-order valence-corrected chi connectivity index (χ4v) is 5.09. The fourth-order valence-electron chi connectivity index (χ4n) is 3.32. The zero-order valence-corrected chi connectivity index (χ0v) is 20.7. The topological polar surface area (TPSA) is 116 Å². The summed E-state index contributed by atoms with van der Waals surface area (Å²) >= 11 is 7.13. The first-order chi connectivity index (χ1) is 16.6. The van der Waals surface area contributed by atoms with E-state index in [0.717, 1.165) is 22.8 Å². The van der Waals surface area contributed by atoms with E-state index in [2.05, 4.69) is 15.0 Å². The Labute approximate surface area is 207 Å². The minimum absolute atomic E-state index is 0.00326. The summed E-state index contributed by atoms with van der Waals surface area (Å²) in [7, 11) is -3.27. The van der Waals surface area contributed by atoms with Crippen molar-refractivity contribution in [1.29, 1.82) is 0 Å². The van der Waals surface area contributed by atoms with Crippen LogP contribution in [-0.2, 0) is 10.0 Å². The summed E-state index contributed by atoms with van der Waals surface area (Å²) < 4.78 is 64.0. The number of anilines is 1. The van der Waals surface area contributed by atoms with Crippen LogP contribution in [0.25, 0.3) is 16.6 Å². The summed E-state index contributed by atoms with van der Waals surface area (Å²) in [6, 6.07) is 2.80. The number of fused-ring (bicyclic) bond motifs is 1. The fraction of sp³-hybridized carbons (Fsp3) is 0.143. The molecule has 0 atom stereocenters. The number of ether oxygens (including phenoxy) is 1. The number of methoxy groups -OCH3 is 1. The summed E-state index contributed by atoms with van der Waals surface area (Å²) in [6.45, 7) is 1.62. The van der Waals surface area contributed by atoms with Gasteiger partial charge in [-0.1, -0.05) is 23.4 Å². The van der Waals surface area contributed by atoms with E-state index in [4.69, 9.17) is 16.3 Å². The maximum Gasteiger partial charge on any atom is 0.267 e. The largest absolute Gasteiger partial charge is 0.480 e. The molecule has 0 fully saturated rings. The minimum atomic E-state index is -4.47. The standard InChI is InChI=1S/C21H16ClF2N5O4S2/c1-10-9-29(20(30)12-8-26-21(34-3)27-17(10)12)18-13(23)4-5-14(16(18)24)28-35(31,32)15-6-11(22)7-25-19(15)33-2/h4-9,28H,1-3H3. The van der Waals surface area contributed by atoms with Crippen LogP contribution in [0, 0.1) is 18.6 Å². The predicted octanol–water partition coefficient (Wildman–Crippen LogP) is 3.95. The summed E-state index contributed by atoms with van der Waals surface area (Å²) in [4.78, 5) is 24.8. The molecule has 1 N–H and O–H groups in total. The molecule has 0 aliphatic heterocycles. The van der Waals surface area contributed by atoms with E-state index >= 15 is 4.39 Å². The third kappa shape index (κ3) is 4.54. The number of aromatic nitrogens is 4. The van der Waals surface area contributed by atoms with Gasteiger partial charge in [0, 0.05) is 18.6 Å². The Morgan fingerprint density at radius 2 is 1.94 bits per heavy atom. The second-order valence-corrected chi connectivity index (χ2v) is 9.99. The number of thioether (sulfide) groups is 1. The molecular formula is C21H16ClF2N5O4S2. The van der Waals surface area contributed by atoms with Crippen LogP contribution in [-0.4, -0.2) is 41.3 Å².